The molecule has 0 saturated heterocycles. The van der Waals surface area contributed by atoms with Gasteiger partial charge in [-0.05, 0) is 12.1 Å². The minimum atomic E-state index is -0.584. The van der Waals surface area contributed by atoms with Crippen LogP contribution in [0.4, 0.5) is 4.39 Å². The minimum Gasteiger partial charge on any atom is -0.497 e. The van der Waals surface area contributed by atoms with Crippen LogP contribution >= 0.6 is 0 Å². The Kier molecular flexibility index (Phi) is 2.68. The summed E-state index contributed by atoms with van der Waals surface area (Å²) in [5.41, 5.74) is 0.0643. The molecule has 0 aliphatic heterocycles. The topological polar surface area (TPSA) is 55.0 Å². The van der Waals surface area contributed by atoms with Crippen LogP contribution in [-0.2, 0) is 0 Å². The number of H-pyrrole nitrogens is 1. The molecule has 16 heavy (non-hydrogen) atoms. The zero-order valence-electron chi connectivity index (χ0n) is 8.53. The van der Waals surface area contributed by atoms with E-state index in [9.17, 15) is 9.18 Å². The number of ether oxygens (including phenoxy) is 1. The number of benzene rings is 1. The molecule has 0 bridgehead atoms. The van der Waals surface area contributed by atoms with Gasteiger partial charge in [0, 0.05) is 5.56 Å². The van der Waals surface area contributed by atoms with Crippen molar-refractivity contribution in [1.29, 1.82) is 0 Å². The predicted molar refractivity (Wildman–Crippen MR) is 56.8 cm³/mol. The van der Waals surface area contributed by atoms with Gasteiger partial charge in [-0.3, -0.25) is 0 Å². The van der Waals surface area contributed by atoms with E-state index in [0.29, 0.717) is 11.3 Å². The average molecular weight is 220 g/mol. The van der Waals surface area contributed by atoms with Gasteiger partial charge in [-0.15, -0.1) is 0 Å². The fraction of sp³-hybridized carbons (Fsp3) is 0.0909. The predicted octanol–water partition coefficient (Wildman–Crippen LogP) is 1.58. The van der Waals surface area contributed by atoms with Crippen molar-refractivity contribution in [2.45, 2.75) is 0 Å². The van der Waals surface area contributed by atoms with E-state index in [1.807, 2.05) is 0 Å². The number of nitrogens with zero attached hydrogens (tertiary/aromatic N) is 1. The number of hydrogen-bond donors (Lipinski definition) is 1. The van der Waals surface area contributed by atoms with E-state index >= 15 is 0 Å². The van der Waals surface area contributed by atoms with Crippen LogP contribution < -0.4 is 10.4 Å². The third-order valence-electron chi connectivity index (χ3n) is 2.12. The van der Waals surface area contributed by atoms with Gasteiger partial charge in [0.2, 0.25) is 0 Å². The van der Waals surface area contributed by atoms with Gasteiger partial charge < -0.3 is 9.72 Å². The monoisotopic (exact) mass is 220 g/mol. The lowest BCUT2D eigenvalue weighted by Crippen LogP contribution is -2.11. The summed E-state index contributed by atoms with van der Waals surface area (Å²) >= 11 is 0. The number of aromatic nitrogens is 2. The van der Waals surface area contributed by atoms with Gasteiger partial charge in [-0.1, -0.05) is 12.1 Å². The van der Waals surface area contributed by atoms with Crippen LogP contribution in [0.2, 0.25) is 0 Å². The van der Waals surface area contributed by atoms with Crippen molar-refractivity contribution in [3.8, 4) is 17.0 Å². The molecule has 0 aliphatic carbocycles. The first kappa shape index (κ1) is 10.4. The molecule has 0 unspecified atom stereocenters. The second-order valence-corrected chi connectivity index (χ2v) is 3.14. The maximum Gasteiger partial charge on any atom is 0.345 e. The Bertz CT molecular complexity index is 566. The second-order valence-electron chi connectivity index (χ2n) is 3.14. The summed E-state index contributed by atoms with van der Waals surface area (Å²) in [6, 6.07) is 6.76. The minimum absolute atomic E-state index is 0.110. The Labute approximate surface area is 90.7 Å². The third kappa shape index (κ3) is 1.93. The van der Waals surface area contributed by atoms with E-state index in [0.717, 1.165) is 6.20 Å². The van der Waals surface area contributed by atoms with Crippen molar-refractivity contribution in [3.05, 3.63) is 46.8 Å². The van der Waals surface area contributed by atoms with Crippen LogP contribution in [0.15, 0.2) is 35.3 Å². The molecule has 82 valence electrons. The molecule has 0 radical (unpaired) electrons. The Balaban J connectivity index is 2.57. The number of methoxy groups -OCH3 is 1. The number of nitrogens with one attached hydrogen (secondary N) is 1. The van der Waals surface area contributed by atoms with Crippen molar-refractivity contribution in [2.75, 3.05) is 7.11 Å². The SMILES string of the molecule is COc1cccc(-c2[nH]c(=O)ncc2F)c1. The summed E-state index contributed by atoms with van der Waals surface area (Å²) in [7, 11) is 1.52. The van der Waals surface area contributed by atoms with Gasteiger partial charge in [0.1, 0.15) is 5.75 Å². The van der Waals surface area contributed by atoms with E-state index in [2.05, 4.69) is 9.97 Å². The Morgan fingerprint density at radius 2 is 2.25 bits per heavy atom. The first-order chi connectivity index (χ1) is 7.70. The maximum absolute atomic E-state index is 13.4. The highest BCUT2D eigenvalue weighted by Gasteiger charge is 2.07. The van der Waals surface area contributed by atoms with Crippen molar-refractivity contribution in [1.82, 2.24) is 9.97 Å². The summed E-state index contributed by atoms with van der Waals surface area (Å²) in [5.74, 6) is 0.0161. The molecule has 5 heteroatoms. The van der Waals surface area contributed by atoms with Crippen molar-refractivity contribution < 1.29 is 9.13 Å². The number of halogens is 1. The molecule has 1 aromatic carbocycles. The van der Waals surface area contributed by atoms with Gasteiger partial charge >= 0.3 is 5.69 Å². The third-order valence-corrected chi connectivity index (χ3v) is 2.12. The molecule has 0 spiro atoms. The molecule has 0 aliphatic rings. The van der Waals surface area contributed by atoms with Gasteiger partial charge in [0.25, 0.3) is 0 Å². The van der Waals surface area contributed by atoms with Crippen LogP contribution in [0.5, 0.6) is 5.75 Å². The molecule has 0 saturated carbocycles. The fourth-order valence-corrected chi connectivity index (χ4v) is 1.37. The lowest BCUT2D eigenvalue weighted by molar-refractivity contribution is 0.415. The summed E-state index contributed by atoms with van der Waals surface area (Å²) in [4.78, 5) is 16.6. The van der Waals surface area contributed by atoms with Crippen LogP contribution in [0.3, 0.4) is 0 Å². The van der Waals surface area contributed by atoms with Crippen molar-refractivity contribution in [2.24, 2.45) is 0 Å². The molecular weight excluding hydrogens is 211 g/mol. The Morgan fingerprint density at radius 1 is 1.44 bits per heavy atom. The molecule has 1 heterocycles. The van der Waals surface area contributed by atoms with E-state index in [1.54, 1.807) is 24.3 Å². The van der Waals surface area contributed by atoms with Crippen molar-refractivity contribution in [3.63, 3.8) is 0 Å². The largest absolute Gasteiger partial charge is 0.497 e. The van der Waals surface area contributed by atoms with E-state index < -0.39 is 11.5 Å². The zero-order chi connectivity index (χ0) is 11.5. The molecule has 4 nitrogen and oxygen atoms in total. The molecule has 1 N–H and O–H groups in total. The fourth-order valence-electron chi connectivity index (χ4n) is 1.37. The molecule has 0 amide bonds. The van der Waals surface area contributed by atoms with E-state index in [-0.39, 0.29) is 5.69 Å². The van der Waals surface area contributed by atoms with E-state index in [4.69, 9.17) is 4.74 Å². The summed E-state index contributed by atoms with van der Waals surface area (Å²) in [6.45, 7) is 0. The molecule has 2 rings (SSSR count). The van der Waals surface area contributed by atoms with E-state index in [1.165, 1.54) is 7.11 Å². The normalized spacial score (nSPS) is 10.1. The second kappa shape index (κ2) is 4.14. The molecule has 0 atom stereocenters. The first-order valence-corrected chi connectivity index (χ1v) is 4.60. The maximum atomic E-state index is 13.4. The lowest BCUT2D eigenvalue weighted by atomic mass is 10.1. The van der Waals surface area contributed by atoms with Crippen LogP contribution in [0, 0.1) is 5.82 Å². The summed E-state index contributed by atoms with van der Waals surface area (Å²) in [6.07, 6.45) is 0.896. The highest BCUT2D eigenvalue weighted by atomic mass is 19.1. The quantitative estimate of drug-likeness (QED) is 0.836. The average Bonchev–Trinajstić information content (AvgIpc) is 2.32. The zero-order valence-corrected chi connectivity index (χ0v) is 8.53. The van der Waals surface area contributed by atoms with Gasteiger partial charge in [0.15, 0.2) is 5.82 Å². The number of rotatable bonds is 2. The van der Waals surface area contributed by atoms with Gasteiger partial charge in [-0.2, -0.15) is 4.98 Å². The molecule has 2 aromatic rings. The van der Waals surface area contributed by atoms with Crippen LogP contribution in [-0.4, -0.2) is 17.1 Å². The van der Waals surface area contributed by atoms with Crippen LogP contribution in [0.1, 0.15) is 0 Å². The molecule has 0 fully saturated rings. The van der Waals surface area contributed by atoms with Crippen LogP contribution in [0.25, 0.3) is 11.3 Å². The smallest absolute Gasteiger partial charge is 0.345 e. The Hall–Kier alpha value is -2.17. The highest BCUT2D eigenvalue weighted by Crippen LogP contribution is 2.22. The number of hydrogen-bond acceptors (Lipinski definition) is 3. The highest BCUT2D eigenvalue weighted by molar-refractivity contribution is 5.61. The standard InChI is InChI=1S/C11H9FN2O2/c1-16-8-4-2-3-7(5-8)10-9(12)6-13-11(15)14-10/h2-6H,1H3,(H,13,14,15). The molecular formula is C11H9FN2O2. The van der Waals surface area contributed by atoms with Crippen molar-refractivity contribution >= 4 is 0 Å². The summed E-state index contributed by atoms with van der Waals surface area (Å²) < 4.78 is 18.4. The van der Waals surface area contributed by atoms with Gasteiger partial charge in [-0.25, -0.2) is 9.18 Å². The first-order valence-electron chi connectivity index (χ1n) is 4.60. The molecule has 1 aromatic heterocycles. The summed E-state index contributed by atoms with van der Waals surface area (Å²) in [5, 5.41) is 0. The van der Waals surface area contributed by atoms with Gasteiger partial charge in [0.05, 0.1) is 19.0 Å². The number of aromatic amines is 1. The lowest BCUT2D eigenvalue weighted by Gasteiger charge is -2.04. The Morgan fingerprint density at radius 3 is 3.00 bits per heavy atom.